The quantitative estimate of drug-likeness (QED) is 0.839. The molecule has 23 heavy (non-hydrogen) atoms. The average Bonchev–Trinajstić information content (AvgIpc) is 2.59. The number of carbonyl (C=O) groups is 1. The number of hydrogen-bond acceptors (Lipinski definition) is 4. The summed E-state index contributed by atoms with van der Waals surface area (Å²) in [4.78, 5) is 13.9. The highest BCUT2D eigenvalue weighted by molar-refractivity contribution is 5.67. The van der Waals surface area contributed by atoms with Gasteiger partial charge in [-0.2, -0.15) is 0 Å². The van der Waals surface area contributed by atoms with Gasteiger partial charge >= 0.3 is 6.09 Å². The maximum Gasteiger partial charge on any atom is 0.410 e. The Morgan fingerprint density at radius 2 is 2.22 bits per heavy atom. The summed E-state index contributed by atoms with van der Waals surface area (Å²) >= 11 is 0. The van der Waals surface area contributed by atoms with Gasteiger partial charge in [-0.15, -0.1) is 0 Å². The zero-order valence-corrected chi connectivity index (χ0v) is 14.2. The molecule has 1 aromatic carbocycles. The van der Waals surface area contributed by atoms with Crippen molar-refractivity contribution in [3.63, 3.8) is 0 Å². The Labute approximate surface area is 139 Å². The summed E-state index contributed by atoms with van der Waals surface area (Å²) in [6.07, 6.45) is 2.09. The van der Waals surface area contributed by atoms with E-state index in [1.165, 1.54) is 0 Å². The van der Waals surface area contributed by atoms with Crippen molar-refractivity contribution in [3.8, 4) is 0 Å². The third-order valence-corrected chi connectivity index (χ3v) is 4.02. The van der Waals surface area contributed by atoms with Gasteiger partial charge in [0.25, 0.3) is 0 Å². The minimum absolute atomic E-state index is 0.0346. The van der Waals surface area contributed by atoms with Crippen molar-refractivity contribution >= 4 is 6.09 Å². The van der Waals surface area contributed by atoms with Crippen LogP contribution in [0.5, 0.6) is 0 Å². The molecular formula is C18H28N2O3. The predicted octanol–water partition coefficient (Wildman–Crippen LogP) is 2.80. The van der Waals surface area contributed by atoms with Crippen LogP contribution in [0.2, 0.25) is 0 Å². The van der Waals surface area contributed by atoms with E-state index in [1.807, 2.05) is 30.3 Å². The second-order valence-electron chi connectivity index (χ2n) is 6.08. The number of ether oxygens (including phenoxy) is 2. The standard InChI is InChI=1S/C18H28N2O3/c1-3-7-15(2)19-12-17-13-20(10-11-22-17)18(21)23-14-16-8-5-4-6-9-16/h4-6,8-9,15,17,19H,3,7,10-14H2,1-2H3. The molecule has 1 amide bonds. The average molecular weight is 320 g/mol. The SMILES string of the molecule is CCCC(C)NCC1CN(C(=O)OCc2ccccc2)CCO1. The van der Waals surface area contributed by atoms with E-state index in [0.717, 1.165) is 24.9 Å². The predicted molar refractivity (Wildman–Crippen MR) is 90.3 cm³/mol. The molecule has 2 atom stereocenters. The Morgan fingerprint density at radius 1 is 1.43 bits per heavy atom. The van der Waals surface area contributed by atoms with Crippen molar-refractivity contribution in [1.29, 1.82) is 0 Å². The second-order valence-corrected chi connectivity index (χ2v) is 6.08. The van der Waals surface area contributed by atoms with Gasteiger partial charge in [-0.25, -0.2) is 4.79 Å². The molecule has 0 radical (unpaired) electrons. The van der Waals surface area contributed by atoms with Crippen LogP contribution in [-0.2, 0) is 16.1 Å². The molecule has 0 aliphatic carbocycles. The van der Waals surface area contributed by atoms with Gasteiger partial charge in [0.15, 0.2) is 0 Å². The van der Waals surface area contributed by atoms with E-state index >= 15 is 0 Å². The van der Waals surface area contributed by atoms with Gasteiger partial charge < -0.3 is 19.7 Å². The minimum atomic E-state index is -0.260. The van der Waals surface area contributed by atoms with Crippen molar-refractivity contribution in [2.24, 2.45) is 0 Å². The molecule has 5 nitrogen and oxygen atoms in total. The molecule has 1 fully saturated rings. The highest BCUT2D eigenvalue weighted by Gasteiger charge is 2.25. The molecule has 0 aromatic heterocycles. The largest absolute Gasteiger partial charge is 0.445 e. The number of benzene rings is 1. The molecule has 1 aromatic rings. The lowest BCUT2D eigenvalue weighted by atomic mass is 10.2. The van der Waals surface area contributed by atoms with Gasteiger partial charge in [0.05, 0.1) is 19.3 Å². The Bertz CT molecular complexity index is 467. The van der Waals surface area contributed by atoms with E-state index in [2.05, 4.69) is 19.2 Å². The van der Waals surface area contributed by atoms with Crippen molar-refractivity contribution in [1.82, 2.24) is 10.2 Å². The summed E-state index contributed by atoms with van der Waals surface area (Å²) in [5, 5.41) is 3.47. The van der Waals surface area contributed by atoms with E-state index in [-0.39, 0.29) is 12.2 Å². The zero-order chi connectivity index (χ0) is 16.5. The van der Waals surface area contributed by atoms with E-state index in [9.17, 15) is 4.79 Å². The fraction of sp³-hybridized carbons (Fsp3) is 0.611. The minimum Gasteiger partial charge on any atom is -0.445 e. The number of rotatable bonds is 7. The van der Waals surface area contributed by atoms with E-state index < -0.39 is 0 Å². The number of amides is 1. The molecule has 2 unspecified atom stereocenters. The fourth-order valence-electron chi connectivity index (χ4n) is 2.69. The maximum absolute atomic E-state index is 12.2. The third kappa shape index (κ3) is 6.20. The van der Waals surface area contributed by atoms with Gasteiger partial charge in [-0.1, -0.05) is 43.7 Å². The van der Waals surface area contributed by atoms with Crippen molar-refractivity contribution < 1.29 is 14.3 Å². The van der Waals surface area contributed by atoms with Crippen LogP contribution in [0.4, 0.5) is 4.79 Å². The molecule has 1 N–H and O–H groups in total. The van der Waals surface area contributed by atoms with Crippen LogP contribution in [-0.4, -0.2) is 49.4 Å². The van der Waals surface area contributed by atoms with Crippen LogP contribution < -0.4 is 5.32 Å². The van der Waals surface area contributed by atoms with E-state index in [1.54, 1.807) is 4.90 Å². The van der Waals surface area contributed by atoms with Gasteiger partial charge in [0, 0.05) is 19.1 Å². The van der Waals surface area contributed by atoms with Crippen LogP contribution in [0.1, 0.15) is 32.3 Å². The van der Waals surface area contributed by atoms with Crippen LogP contribution in [0.15, 0.2) is 30.3 Å². The zero-order valence-electron chi connectivity index (χ0n) is 14.2. The Balaban J connectivity index is 1.73. The number of carbonyl (C=O) groups excluding carboxylic acids is 1. The first kappa shape index (κ1) is 17.8. The number of nitrogens with zero attached hydrogens (tertiary/aromatic N) is 1. The molecule has 1 aliphatic heterocycles. The molecular weight excluding hydrogens is 292 g/mol. The third-order valence-electron chi connectivity index (χ3n) is 4.02. The second kappa shape index (κ2) is 9.53. The van der Waals surface area contributed by atoms with Crippen LogP contribution >= 0.6 is 0 Å². The van der Waals surface area contributed by atoms with Crippen molar-refractivity contribution in [2.45, 2.75) is 45.4 Å². The number of hydrogen-bond donors (Lipinski definition) is 1. The summed E-state index contributed by atoms with van der Waals surface area (Å²) in [6, 6.07) is 10.2. The lowest BCUT2D eigenvalue weighted by molar-refractivity contribution is -0.0278. The summed E-state index contributed by atoms with van der Waals surface area (Å²) in [7, 11) is 0. The highest BCUT2D eigenvalue weighted by atomic mass is 16.6. The van der Waals surface area contributed by atoms with Crippen molar-refractivity contribution in [2.75, 3.05) is 26.2 Å². The topological polar surface area (TPSA) is 50.8 Å². The fourth-order valence-corrected chi connectivity index (χ4v) is 2.69. The van der Waals surface area contributed by atoms with Crippen LogP contribution in [0.3, 0.4) is 0 Å². The van der Waals surface area contributed by atoms with Gasteiger partial charge in [0.1, 0.15) is 6.61 Å². The maximum atomic E-state index is 12.2. The van der Waals surface area contributed by atoms with Gasteiger partial charge in [-0.3, -0.25) is 0 Å². The Hall–Kier alpha value is -1.59. The molecule has 2 rings (SSSR count). The smallest absolute Gasteiger partial charge is 0.410 e. The number of nitrogens with one attached hydrogen (secondary N) is 1. The summed E-state index contributed by atoms with van der Waals surface area (Å²) in [6.45, 7) is 7.18. The lowest BCUT2D eigenvalue weighted by Crippen LogP contribution is -2.50. The first-order valence-electron chi connectivity index (χ1n) is 8.49. The normalized spacial score (nSPS) is 19.4. The van der Waals surface area contributed by atoms with Crippen molar-refractivity contribution in [3.05, 3.63) is 35.9 Å². The molecule has 1 heterocycles. The molecule has 0 bridgehead atoms. The summed E-state index contributed by atoms with van der Waals surface area (Å²) < 4.78 is 11.1. The Kier molecular flexibility index (Phi) is 7.36. The first-order chi connectivity index (χ1) is 11.2. The highest BCUT2D eigenvalue weighted by Crippen LogP contribution is 2.09. The first-order valence-corrected chi connectivity index (χ1v) is 8.49. The molecule has 1 saturated heterocycles. The van der Waals surface area contributed by atoms with Gasteiger partial charge in [0.2, 0.25) is 0 Å². The molecule has 5 heteroatoms. The van der Waals surface area contributed by atoms with Crippen LogP contribution in [0, 0.1) is 0 Å². The summed E-state index contributed by atoms with van der Waals surface area (Å²) in [5.41, 5.74) is 1.00. The monoisotopic (exact) mass is 320 g/mol. The van der Waals surface area contributed by atoms with Gasteiger partial charge in [-0.05, 0) is 18.9 Å². The Morgan fingerprint density at radius 3 is 2.96 bits per heavy atom. The number of morpholine rings is 1. The molecule has 0 spiro atoms. The molecule has 128 valence electrons. The van der Waals surface area contributed by atoms with Crippen LogP contribution in [0.25, 0.3) is 0 Å². The summed E-state index contributed by atoms with van der Waals surface area (Å²) in [5.74, 6) is 0. The van der Waals surface area contributed by atoms with E-state index in [4.69, 9.17) is 9.47 Å². The molecule has 0 saturated carbocycles. The molecule has 1 aliphatic rings. The lowest BCUT2D eigenvalue weighted by Gasteiger charge is -2.33. The van der Waals surface area contributed by atoms with E-state index in [0.29, 0.717) is 32.3 Å².